The zero-order valence-electron chi connectivity index (χ0n) is 11.0. The Hall–Kier alpha value is -1.14. The second kappa shape index (κ2) is 5.88. The Labute approximate surface area is 113 Å². The minimum absolute atomic E-state index is 0.142. The van der Waals surface area contributed by atoms with Crippen molar-refractivity contribution in [1.29, 1.82) is 0 Å². The molecule has 0 aromatic heterocycles. The van der Waals surface area contributed by atoms with E-state index in [1.807, 2.05) is 0 Å². The highest BCUT2D eigenvalue weighted by Gasteiger charge is 2.33. The number of halogens is 1. The number of para-hydroxylation sites is 1. The van der Waals surface area contributed by atoms with Crippen LogP contribution in [0.4, 0.5) is 10.1 Å². The zero-order chi connectivity index (χ0) is 13.9. The monoisotopic (exact) mass is 286 g/mol. The van der Waals surface area contributed by atoms with E-state index in [-0.39, 0.29) is 12.2 Å². The van der Waals surface area contributed by atoms with Crippen molar-refractivity contribution in [1.82, 2.24) is 5.32 Å². The van der Waals surface area contributed by atoms with Crippen LogP contribution in [-0.4, -0.2) is 33.3 Å². The van der Waals surface area contributed by atoms with E-state index >= 15 is 0 Å². The molecule has 6 heteroatoms. The molecule has 2 rings (SSSR count). The summed E-state index contributed by atoms with van der Waals surface area (Å²) in [5.74, 6) is -0.498. The van der Waals surface area contributed by atoms with Crippen LogP contribution in [0.25, 0.3) is 0 Å². The third kappa shape index (κ3) is 2.90. The summed E-state index contributed by atoms with van der Waals surface area (Å²) in [6.45, 7) is 3.36. The molecule has 106 valence electrons. The fourth-order valence-corrected chi connectivity index (χ4v) is 4.39. The standard InChI is InChI=1S/C13H19FN2O2S/c1-2-16(13-6-4-3-5-12(13)14)19(17,18)11-7-9-15-10-8-11/h3-6,11,15H,2,7-10H2,1H3. The van der Waals surface area contributed by atoms with Gasteiger partial charge in [0.1, 0.15) is 5.82 Å². The Morgan fingerprint density at radius 3 is 2.53 bits per heavy atom. The van der Waals surface area contributed by atoms with Crippen LogP contribution < -0.4 is 9.62 Å². The zero-order valence-corrected chi connectivity index (χ0v) is 11.8. The maximum atomic E-state index is 13.8. The summed E-state index contributed by atoms with van der Waals surface area (Å²) >= 11 is 0. The second-order valence-electron chi connectivity index (χ2n) is 4.61. The van der Waals surface area contributed by atoms with Crippen molar-refractivity contribution < 1.29 is 12.8 Å². The van der Waals surface area contributed by atoms with Crippen LogP contribution in [0.1, 0.15) is 19.8 Å². The predicted molar refractivity (Wildman–Crippen MR) is 74.2 cm³/mol. The van der Waals surface area contributed by atoms with Gasteiger partial charge in [0.15, 0.2) is 0 Å². The first-order valence-corrected chi connectivity index (χ1v) is 8.04. The molecule has 19 heavy (non-hydrogen) atoms. The summed E-state index contributed by atoms with van der Waals surface area (Å²) in [5, 5.41) is 2.72. The fraction of sp³-hybridized carbons (Fsp3) is 0.538. The molecule has 0 unspecified atom stereocenters. The van der Waals surface area contributed by atoms with Gasteiger partial charge in [-0.25, -0.2) is 12.8 Å². The summed E-state index contributed by atoms with van der Waals surface area (Å²) in [4.78, 5) is 0. The van der Waals surface area contributed by atoms with Crippen molar-refractivity contribution in [2.24, 2.45) is 0 Å². The molecule has 1 aliphatic heterocycles. The lowest BCUT2D eigenvalue weighted by molar-refractivity contribution is 0.494. The van der Waals surface area contributed by atoms with Crippen LogP contribution in [0.2, 0.25) is 0 Å². The summed E-state index contributed by atoms with van der Waals surface area (Å²) in [5.41, 5.74) is 0.142. The van der Waals surface area contributed by atoms with Gasteiger partial charge in [-0.2, -0.15) is 0 Å². The maximum Gasteiger partial charge on any atom is 0.238 e. The number of rotatable bonds is 4. The molecule has 1 aromatic carbocycles. The Balaban J connectivity index is 2.33. The molecule has 1 heterocycles. The highest BCUT2D eigenvalue weighted by molar-refractivity contribution is 7.93. The van der Waals surface area contributed by atoms with Gasteiger partial charge in [0.25, 0.3) is 0 Å². The van der Waals surface area contributed by atoms with E-state index < -0.39 is 21.1 Å². The van der Waals surface area contributed by atoms with Gasteiger partial charge < -0.3 is 5.32 Å². The van der Waals surface area contributed by atoms with Gasteiger partial charge in [-0.05, 0) is 45.0 Å². The molecule has 0 atom stereocenters. The minimum Gasteiger partial charge on any atom is -0.317 e. The number of piperidine rings is 1. The summed E-state index contributed by atoms with van der Waals surface area (Å²) in [7, 11) is -3.50. The first-order chi connectivity index (χ1) is 9.07. The highest BCUT2D eigenvalue weighted by Crippen LogP contribution is 2.26. The second-order valence-corrected chi connectivity index (χ2v) is 6.75. The largest absolute Gasteiger partial charge is 0.317 e. The molecular formula is C13H19FN2O2S. The number of anilines is 1. The van der Waals surface area contributed by atoms with E-state index in [2.05, 4.69) is 5.32 Å². The van der Waals surface area contributed by atoms with E-state index in [0.29, 0.717) is 25.9 Å². The van der Waals surface area contributed by atoms with Crippen LogP contribution in [0.15, 0.2) is 24.3 Å². The quantitative estimate of drug-likeness (QED) is 0.917. The number of hydrogen-bond acceptors (Lipinski definition) is 3. The molecule has 1 aromatic rings. The molecule has 1 saturated heterocycles. The van der Waals surface area contributed by atoms with Gasteiger partial charge in [0.2, 0.25) is 10.0 Å². The molecule has 0 amide bonds. The number of sulfonamides is 1. The van der Waals surface area contributed by atoms with Gasteiger partial charge in [-0.3, -0.25) is 4.31 Å². The number of nitrogens with one attached hydrogen (secondary N) is 1. The molecule has 0 radical (unpaired) electrons. The molecule has 1 N–H and O–H groups in total. The Morgan fingerprint density at radius 1 is 1.32 bits per heavy atom. The summed E-state index contributed by atoms with van der Waals surface area (Å²) < 4.78 is 40.2. The van der Waals surface area contributed by atoms with Crippen molar-refractivity contribution in [3.05, 3.63) is 30.1 Å². The SMILES string of the molecule is CCN(c1ccccc1F)S(=O)(=O)C1CCNCC1. The smallest absolute Gasteiger partial charge is 0.238 e. The van der Waals surface area contributed by atoms with Crippen molar-refractivity contribution in [2.45, 2.75) is 25.0 Å². The van der Waals surface area contributed by atoms with Crippen molar-refractivity contribution in [2.75, 3.05) is 23.9 Å². The third-order valence-electron chi connectivity index (χ3n) is 3.42. The number of nitrogens with zero attached hydrogens (tertiary/aromatic N) is 1. The van der Waals surface area contributed by atoms with E-state index in [1.165, 1.54) is 16.4 Å². The maximum absolute atomic E-state index is 13.8. The first-order valence-electron chi connectivity index (χ1n) is 6.54. The molecule has 0 bridgehead atoms. The van der Waals surface area contributed by atoms with E-state index in [9.17, 15) is 12.8 Å². The van der Waals surface area contributed by atoms with Crippen LogP contribution in [0.5, 0.6) is 0 Å². The Bertz CT molecular complexity index is 527. The molecule has 0 saturated carbocycles. The van der Waals surface area contributed by atoms with Crippen LogP contribution in [-0.2, 0) is 10.0 Å². The van der Waals surface area contributed by atoms with Gasteiger partial charge in [-0.1, -0.05) is 12.1 Å². The minimum atomic E-state index is -3.50. The normalized spacial score (nSPS) is 17.4. The van der Waals surface area contributed by atoms with E-state index in [1.54, 1.807) is 19.1 Å². The van der Waals surface area contributed by atoms with Gasteiger partial charge in [0, 0.05) is 6.54 Å². The third-order valence-corrected chi connectivity index (χ3v) is 5.81. The van der Waals surface area contributed by atoms with E-state index in [0.717, 1.165) is 0 Å². The van der Waals surface area contributed by atoms with Crippen LogP contribution in [0, 0.1) is 5.82 Å². The van der Waals surface area contributed by atoms with Crippen molar-refractivity contribution >= 4 is 15.7 Å². The molecule has 1 fully saturated rings. The Kier molecular flexibility index (Phi) is 4.42. The van der Waals surface area contributed by atoms with Crippen molar-refractivity contribution in [3.8, 4) is 0 Å². The first kappa shape index (κ1) is 14.3. The molecule has 0 aliphatic carbocycles. The molecule has 4 nitrogen and oxygen atoms in total. The number of hydrogen-bond donors (Lipinski definition) is 1. The molecular weight excluding hydrogens is 267 g/mol. The number of benzene rings is 1. The van der Waals surface area contributed by atoms with Gasteiger partial charge in [-0.15, -0.1) is 0 Å². The van der Waals surface area contributed by atoms with Crippen LogP contribution in [0.3, 0.4) is 0 Å². The van der Waals surface area contributed by atoms with Crippen LogP contribution >= 0.6 is 0 Å². The predicted octanol–water partition coefficient (Wildman–Crippen LogP) is 1.73. The topological polar surface area (TPSA) is 49.4 Å². The summed E-state index contributed by atoms with van der Waals surface area (Å²) in [6.07, 6.45) is 1.15. The highest BCUT2D eigenvalue weighted by atomic mass is 32.2. The van der Waals surface area contributed by atoms with E-state index in [4.69, 9.17) is 0 Å². The van der Waals surface area contributed by atoms with Gasteiger partial charge >= 0.3 is 0 Å². The lowest BCUT2D eigenvalue weighted by Crippen LogP contribution is -2.44. The average molecular weight is 286 g/mol. The average Bonchev–Trinajstić information content (AvgIpc) is 2.42. The molecule has 1 aliphatic rings. The van der Waals surface area contributed by atoms with Crippen molar-refractivity contribution in [3.63, 3.8) is 0 Å². The molecule has 0 spiro atoms. The summed E-state index contributed by atoms with van der Waals surface area (Å²) in [6, 6.07) is 6.01. The fourth-order valence-electron chi connectivity index (χ4n) is 2.41. The Morgan fingerprint density at radius 2 is 1.95 bits per heavy atom. The van der Waals surface area contributed by atoms with Gasteiger partial charge in [0.05, 0.1) is 10.9 Å². The lowest BCUT2D eigenvalue weighted by Gasteiger charge is -2.30. The lowest BCUT2D eigenvalue weighted by atomic mass is 10.2.